The Morgan fingerprint density at radius 1 is 1.40 bits per heavy atom. The fourth-order valence-electron chi connectivity index (χ4n) is 3.83. The molecule has 1 spiro atoms. The molecule has 2 nitrogen and oxygen atoms in total. The Labute approximate surface area is 135 Å². The van der Waals surface area contributed by atoms with Crippen LogP contribution in [-0.2, 0) is 6.54 Å². The molecule has 2 aliphatic rings. The molecule has 1 saturated carbocycles. The van der Waals surface area contributed by atoms with Crippen molar-refractivity contribution in [2.45, 2.75) is 63.6 Å². The van der Waals surface area contributed by atoms with Crippen molar-refractivity contribution in [3.05, 3.63) is 20.8 Å². The van der Waals surface area contributed by atoms with Crippen LogP contribution in [0.25, 0.3) is 0 Å². The molecule has 112 valence electrons. The van der Waals surface area contributed by atoms with E-state index in [-0.39, 0.29) is 0 Å². The Hall–Kier alpha value is 0.1000. The van der Waals surface area contributed by atoms with E-state index >= 15 is 0 Å². The number of thiophene rings is 1. The van der Waals surface area contributed by atoms with E-state index in [1.54, 1.807) is 0 Å². The largest absolute Gasteiger partial charge is 0.308 e. The normalized spacial score (nSPS) is 27.0. The standard InChI is InChI=1S/C16H25BrN2S/c1-2-14-9-18-16(6-4-3-5-7-16)12-19(14)10-15-8-13(17)11-20-15/h8,11,14,18H,2-7,9-10,12H2,1H3. The van der Waals surface area contributed by atoms with Crippen LogP contribution in [0.4, 0.5) is 0 Å². The van der Waals surface area contributed by atoms with Gasteiger partial charge in [0, 0.05) is 45.9 Å². The Morgan fingerprint density at radius 3 is 2.85 bits per heavy atom. The second-order valence-corrected chi connectivity index (χ2v) is 8.33. The quantitative estimate of drug-likeness (QED) is 0.863. The van der Waals surface area contributed by atoms with E-state index in [1.807, 2.05) is 11.3 Å². The first-order valence-corrected chi connectivity index (χ1v) is 9.60. The van der Waals surface area contributed by atoms with Crippen LogP contribution in [0.15, 0.2) is 15.9 Å². The first-order chi connectivity index (χ1) is 9.71. The molecule has 1 saturated heterocycles. The Balaban J connectivity index is 1.71. The van der Waals surface area contributed by atoms with Gasteiger partial charge < -0.3 is 5.32 Å². The molecule has 1 aromatic rings. The number of nitrogens with zero attached hydrogens (tertiary/aromatic N) is 1. The summed E-state index contributed by atoms with van der Waals surface area (Å²) in [6.45, 7) is 5.85. The summed E-state index contributed by atoms with van der Waals surface area (Å²) in [7, 11) is 0. The Morgan fingerprint density at radius 2 is 2.20 bits per heavy atom. The Bertz CT molecular complexity index is 439. The molecule has 1 aromatic heterocycles. The van der Waals surface area contributed by atoms with Crippen LogP contribution in [0.2, 0.25) is 0 Å². The highest BCUT2D eigenvalue weighted by Gasteiger charge is 2.39. The molecule has 2 fully saturated rings. The second-order valence-electron chi connectivity index (χ2n) is 6.42. The van der Waals surface area contributed by atoms with Crippen molar-refractivity contribution < 1.29 is 0 Å². The van der Waals surface area contributed by atoms with Crippen molar-refractivity contribution in [2.75, 3.05) is 13.1 Å². The van der Waals surface area contributed by atoms with Crippen LogP contribution < -0.4 is 5.32 Å². The molecule has 0 radical (unpaired) electrons. The highest BCUT2D eigenvalue weighted by Crippen LogP contribution is 2.33. The van der Waals surface area contributed by atoms with E-state index in [1.165, 1.54) is 61.0 Å². The molecule has 1 aliphatic heterocycles. The van der Waals surface area contributed by atoms with Gasteiger partial charge in [0.25, 0.3) is 0 Å². The molecule has 0 amide bonds. The second kappa shape index (κ2) is 6.47. The van der Waals surface area contributed by atoms with Gasteiger partial charge in [0.2, 0.25) is 0 Å². The van der Waals surface area contributed by atoms with Crippen LogP contribution in [0.1, 0.15) is 50.3 Å². The first kappa shape index (κ1) is 15.0. The summed E-state index contributed by atoms with van der Waals surface area (Å²) in [6, 6.07) is 2.98. The van der Waals surface area contributed by atoms with Gasteiger partial charge in [0.05, 0.1) is 0 Å². The maximum Gasteiger partial charge on any atom is 0.0332 e. The summed E-state index contributed by atoms with van der Waals surface area (Å²) in [5.74, 6) is 0. The summed E-state index contributed by atoms with van der Waals surface area (Å²) in [5, 5.41) is 6.11. The number of rotatable bonds is 3. The van der Waals surface area contributed by atoms with E-state index < -0.39 is 0 Å². The number of piperazine rings is 1. The van der Waals surface area contributed by atoms with E-state index in [4.69, 9.17) is 0 Å². The summed E-state index contributed by atoms with van der Waals surface area (Å²) in [5.41, 5.74) is 0.415. The minimum atomic E-state index is 0.415. The van der Waals surface area contributed by atoms with Gasteiger partial charge in [-0.3, -0.25) is 4.90 Å². The number of nitrogens with one attached hydrogen (secondary N) is 1. The minimum absolute atomic E-state index is 0.415. The Kier molecular flexibility index (Phi) is 4.86. The van der Waals surface area contributed by atoms with Gasteiger partial charge in [-0.25, -0.2) is 0 Å². The van der Waals surface area contributed by atoms with E-state index in [9.17, 15) is 0 Å². The molecule has 0 aromatic carbocycles. The molecule has 1 unspecified atom stereocenters. The molecule has 20 heavy (non-hydrogen) atoms. The van der Waals surface area contributed by atoms with Crippen molar-refractivity contribution in [3.63, 3.8) is 0 Å². The fourth-order valence-corrected chi connectivity index (χ4v) is 5.30. The SMILES string of the molecule is CCC1CNC2(CCCCC2)CN1Cc1cc(Br)cs1. The van der Waals surface area contributed by atoms with Crippen LogP contribution >= 0.6 is 27.3 Å². The smallest absolute Gasteiger partial charge is 0.0332 e. The molecule has 0 bridgehead atoms. The molecule has 2 heterocycles. The van der Waals surface area contributed by atoms with Gasteiger partial charge in [-0.1, -0.05) is 26.2 Å². The highest BCUT2D eigenvalue weighted by molar-refractivity contribution is 9.10. The predicted octanol–water partition coefficient (Wildman–Crippen LogP) is 4.40. The molecule has 1 atom stereocenters. The van der Waals surface area contributed by atoms with Gasteiger partial charge >= 0.3 is 0 Å². The zero-order valence-corrected chi connectivity index (χ0v) is 14.7. The third-order valence-electron chi connectivity index (χ3n) is 5.00. The highest BCUT2D eigenvalue weighted by atomic mass is 79.9. The van der Waals surface area contributed by atoms with Crippen molar-refractivity contribution in [1.82, 2.24) is 10.2 Å². The molecule has 4 heteroatoms. The summed E-state index contributed by atoms with van der Waals surface area (Å²) in [4.78, 5) is 4.23. The lowest BCUT2D eigenvalue weighted by Gasteiger charge is -2.49. The van der Waals surface area contributed by atoms with Gasteiger partial charge in [0.1, 0.15) is 0 Å². The van der Waals surface area contributed by atoms with E-state index in [2.05, 4.69) is 44.5 Å². The zero-order valence-electron chi connectivity index (χ0n) is 12.3. The third-order valence-corrected chi connectivity index (χ3v) is 6.68. The topological polar surface area (TPSA) is 15.3 Å². The van der Waals surface area contributed by atoms with Gasteiger partial charge in [-0.05, 0) is 41.3 Å². The summed E-state index contributed by atoms with van der Waals surface area (Å²) in [6.07, 6.45) is 8.22. The predicted molar refractivity (Wildman–Crippen MR) is 90.3 cm³/mol. The lowest BCUT2D eigenvalue weighted by atomic mass is 9.79. The summed E-state index contributed by atoms with van der Waals surface area (Å²) >= 11 is 5.46. The average Bonchev–Trinajstić information content (AvgIpc) is 2.85. The molecule has 1 aliphatic carbocycles. The van der Waals surface area contributed by atoms with Crippen LogP contribution in [-0.4, -0.2) is 29.6 Å². The van der Waals surface area contributed by atoms with Gasteiger partial charge in [-0.15, -0.1) is 11.3 Å². The monoisotopic (exact) mass is 356 g/mol. The van der Waals surface area contributed by atoms with Crippen LogP contribution in [0.5, 0.6) is 0 Å². The third kappa shape index (κ3) is 3.29. The van der Waals surface area contributed by atoms with E-state index in [0.717, 1.165) is 6.54 Å². The molecule has 3 rings (SSSR count). The number of hydrogen-bond acceptors (Lipinski definition) is 3. The number of hydrogen-bond donors (Lipinski definition) is 1. The van der Waals surface area contributed by atoms with Crippen LogP contribution in [0, 0.1) is 0 Å². The average molecular weight is 357 g/mol. The summed E-state index contributed by atoms with van der Waals surface area (Å²) < 4.78 is 1.23. The van der Waals surface area contributed by atoms with Crippen LogP contribution in [0.3, 0.4) is 0 Å². The van der Waals surface area contributed by atoms with Crippen molar-refractivity contribution in [3.8, 4) is 0 Å². The molecule has 1 N–H and O–H groups in total. The lowest BCUT2D eigenvalue weighted by Crippen LogP contribution is -2.64. The zero-order chi connectivity index (χ0) is 14.0. The molecular weight excluding hydrogens is 332 g/mol. The first-order valence-electron chi connectivity index (χ1n) is 7.93. The van der Waals surface area contributed by atoms with Crippen molar-refractivity contribution in [1.29, 1.82) is 0 Å². The minimum Gasteiger partial charge on any atom is -0.308 e. The maximum absolute atomic E-state index is 3.91. The lowest BCUT2D eigenvalue weighted by molar-refractivity contribution is 0.0491. The van der Waals surface area contributed by atoms with E-state index in [0.29, 0.717) is 11.6 Å². The van der Waals surface area contributed by atoms with Gasteiger partial charge in [0.15, 0.2) is 0 Å². The van der Waals surface area contributed by atoms with Gasteiger partial charge in [-0.2, -0.15) is 0 Å². The number of halogens is 1. The van der Waals surface area contributed by atoms with Crippen molar-refractivity contribution in [2.24, 2.45) is 0 Å². The fraction of sp³-hybridized carbons (Fsp3) is 0.750. The maximum atomic E-state index is 3.91. The molecular formula is C16H25BrN2S. The van der Waals surface area contributed by atoms with Crippen molar-refractivity contribution >= 4 is 27.3 Å².